The molecular formula is C11H16BrF2N3O3S. The molecule has 6 nitrogen and oxygen atoms in total. The van der Waals surface area contributed by atoms with Gasteiger partial charge < -0.3 is 10.4 Å². The number of hydrogen-bond acceptors (Lipinski definition) is 5. The van der Waals surface area contributed by atoms with Gasteiger partial charge in [-0.05, 0) is 28.9 Å². The van der Waals surface area contributed by atoms with Crippen LogP contribution in [-0.2, 0) is 10.0 Å². The molecule has 0 saturated carbocycles. The smallest absolute Gasteiger partial charge is 0.252 e. The molecule has 0 saturated heterocycles. The molecule has 2 N–H and O–H groups in total. The molecule has 0 aliphatic carbocycles. The zero-order valence-corrected chi connectivity index (χ0v) is 13.7. The SMILES string of the molecule is CCNc1ncc(Br)cc1S(=O)(=O)N(CCO)CC(F)F. The average Bonchev–Trinajstić information content (AvgIpc) is 2.40. The normalized spacial score (nSPS) is 12.1. The first-order chi connectivity index (χ1) is 9.82. The van der Waals surface area contributed by atoms with Crippen LogP contribution in [0.3, 0.4) is 0 Å². The third kappa shape index (κ3) is 4.83. The minimum atomic E-state index is -4.20. The Labute approximate surface area is 130 Å². The number of sulfonamides is 1. The summed E-state index contributed by atoms with van der Waals surface area (Å²) in [5.74, 6) is 0.0814. The first kappa shape index (κ1) is 18.2. The lowest BCUT2D eigenvalue weighted by atomic mass is 10.4. The second kappa shape index (κ2) is 7.97. The number of nitrogens with one attached hydrogen (secondary N) is 1. The molecule has 0 fully saturated rings. The van der Waals surface area contributed by atoms with Crippen molar-refractivity contribution in [2.75, 3.05) is 31.6 Å². The van der Waals surface area contributed by atoms with Crippen molar-refractivity contribution in [3.8, 4) is 0 Å². The van der Waals surface area contributed by atoms with E-state index < -0.39 is 36.1 Å². The van der Waals surface area contributed by atoms with Crippen molar-refractivity contribution in [2.24, 2.45) is 0 Å². The van der Waals surface area contributed by atoms with E-state index >= 15 is 0 Å². The summed E-state index contributed by atoms with van der Waals surface area (Å²) in [7, 11) is -4.20. The van der Waals surface area contributed by atoms with Crippen LogP contribution in [0.5, 0.6) is 0 Å². The Bertz CT molecular complexity index is 572. The quantitative estimate of drug-likeness (QED) is 0.706. The zero-order valence-electron chi connectivity index (χ0n) is 11.3. The molecule has 120 valence electrons. The molecule has 10 heteroatoms. The fraction of sp³-hybridized carbons (Fsp3) is 0.545. The molecule has 1 rings (SSSR count). The van der Waals surface area contributed by atoms with Crippen LogP contribution in [0.25, 0.3) is 0 Å². The molecule has 0 radical (unpaired) electrons. The lowest BCUT2D eigenvalue weighted by Crippen LogP contribution is -2.37. The van der Waals surface area contributed by atoms with Gasteiger partial charge in [-0.2, -0.15) is 4.31 Å². The number of aromatic nitrogens is 1. The lowest BCUT2D eigenvalue weighted by Gasteiger charge is -2.22. The van der Waals surface area contributed by atoms with Gasteiger partial charge in [-0.15, -0.1) is 0 Å². The summed E-state index contributed by atoms with van der Waals surface area (Å²) in [5.41, 5.74) is 0. The van der Waals surface area contributed by atoms with Gasteiger partial charge in [-0.25, -0.2) is 22.2 Å². The van der Waals surface area contributed by atoms with Crippen molar-refractivity contribution >= 4 is 31.8 Å². The highest BCUT2D eigenvalue weighted by Crippen LogP contribution is 2.26. The maximum absolute atomic E-state index is 12.6. The number of halogens is 3. The number of hydrogen-bond donors (Lipinski definition) is 2. The highest BCUT2D eigenvalue weighted by molar-refractivity contribution is 9.10. The number of nitrogens with zero attached hydrogens (tertiary/aromatic N) is 2. The predicted molar refractivity (Wildman–Crippen MR) is 77.9 cm³/mol. The number of pyridine rings is 1. The topological polar surface area (TPSA) is 82.5 Å². The Morgan fingerprint density at radius 2 is 2.19 bits per heavy atom. The summed E-state index contributed by atoms with van der Waals surface area (Å²) >= 11 is 3.11. The van der Waals surface area contributed by atoms with Gasteiger partial charge in [0.05, 0.1) is 13.2 Å². The third-order valence-electron chi connectivity index (χ3n) is 2.47. The van der Waals surface area contributed by atoms with Crippen molar-refractivity contribution in [1.29, 1.82) is 0 Å². The van der Waals surface area contributed by atoms with Crippen molar-refractivity contribution in [3.63, 3.8) is 0 Å². The first-order valence-electron chi connectivity index (χ1n) is 6.11. The van der Waals surface area contributed by atoms with Crippen LogP contribution in [0.2, 0.25) is 0 Å². The number of rotatable bonds is 8. The maximum atomic E-state index is 12.6. The van der Waals surface area contributed by atoms with E-state index in [1.807, 2.05) is 0 Å². The Kier molecular flexibility index (Phi) is 6.91. The molecule has 1 aromatic heterocycles. The average molecular weight is 388 g/mol. The lowest BCUT2D eigenvalue weighted by molar-refractivity contribution is 0.113. The number of aliphatic hydroxyl groups excluding tert-OH is 1. The van der Waals surface area contributed by atoms with Gasteiger partial charge in [0.15, 0.2) is 0 Å². The van der Waals surface area contributed by atoms with E-state index in [1.165, 1.54) is 12.3 Å². The predicted octanol–water partition coefficient (Wildman–Crippen LogP) is 1.52. The molecular weight excluding hydrogens is 372 g/mol. The van der Waals surface area contributed by atoms with Crippen LogP contribution in [0.4, 0.5) is 14.6 Å². The van der Waals surface area contributed by atoms with Crippen molar-refractivity contribution in [2.45, 2.75) is 18.2 Å². The summed E-state index contributed by atoms with van der Waals surface area (Å²) in [5, 5.41) is 11.7. The van der Waals surface area contributed by atoms with Gasteiger partial charge in [0, 0.05) is 23.8 Å². The molecule has 1 heterocycles. The van der Waals surface area contributed by atoms with Crippen LogP contribution >= 0.6 is 15.9 Å². The largest absolute Gasteiger partial charge is 0.395 e. The molecule has 21 heavy (non-hydrogen) atoms. The van der Waals surface area contributed by atoms with Gasteiger partial charge in [0.2, 0.25) is 10.0 Å². The Morgan fingerprint density at radius 1 is 1.52 bits per heavy atom. The summed E-state index contributed by atoms with van der Waals surface area (Å²) in [6.45, 7) is 0.229. The van der Waals surface area contributed by atoms with E-state index in [4.69, 9.17) is 5.11 Å². The minimum absolute atomic E-state index is 0.0814. The first-order valence-corrected chi connectivity index (χ1v) is 8.34. The van der Waals surface area contributed by atoms with Gasteiger partial charge >= 0.3 is 0 Å². The van der Waals surface area contributed by atoms with Crippen LogP contribution in [0.15, 0.2) is 21.6 Å². The van der Waals surface area contributed by atoms with Gasteiger partial charge in [-0.3, -0.25) is 0 Å². The van der Waals surface area contributed by atoms with Gasteiger partial charge in [-0.1, -0.05) is 0 Å². The van der Waals surface area contributed by atoms with Crippen LogP contribution in [-0.4, -0.2) is 55.5 Å². The van der Waals surface area contributed by atoms with Crippen LogP contribution in [0, 0.1) is 0 Å². The summed E-state index contributed by atoms with van der Waals surface area (Å²) in [4.78, 5) is 3.73. The standard InChI is InChI=1S/C11H16BrF2N3O3S/c1-2-15-11-9(5-8(12)6-16-11)21(19,20)17(3-4-18)7-10(13)14/h5-6,10,18H,2-4,7H2,1H3,(H,15,16). The number of alkyl halides is 2. The minimum Gasteiger partial charge on any atom is -0.395 e. The monoisotopic (exact) mass is 387 g/mol. The molecule has 0 atom stereocenters. The molecule has 0 aliphatic rings. The molecule has 1 aromatic rings. The highest BCUT2D eigenvalue weighted by Gasteiger charge is 2.30. The third-order valence-corrected chi connectivity index (χ3v) is 4.78. The zero-order chi connectivity index (χ0) is 16.0. The van der Waals surface area contributed by atoms with E-state index in [2.05, 4.69) is 26.2 Å². The summed E-state index contributed by atoms with van der Waals surface area (Å²) < 4.78 is 51.0. The molecule has 0 aromatic carbocycles. The summed E-state index contributed by atoms with van der Waals surface area (Å²) in [6, 6.07) is 1.29. The molecule has 0 aliphatic heterocycles. The Hall–Kier alpha value is -0.840. The second-order valence-corrected chi connectivity index (χ2v) is 6.83. The number of aliphatic hydroxyl groups is 1. The van der Waals surface area contributed by atoms with Crippen molar-refractivity contribution in [3.05, 3.63) is 16.7 Å². The molecule has 0 bridgehead atoms. The van der Waals surface area contributed by atoms with E-state index in [9.17, 15) is 17.2 Å². The van der Waals surface area contributed by atoms with Gasteiger partial charge in [0.25, 0.3) is 6.43 Å². The Morgan fingerprint density at radius 3 is 2.71 bits per heavy atom. The van der Waals surface area contributed by atoms with Crippen molar-refractivity contribution in [1.82, 2.24) is 9.29 Å². The van der Waals surface area contributed by atoms with Gasteiger partial charge in [0.1, 0.15) is 10.7 Å². The fourth-order valence-corrected chi connectivity index (χ4v) is 3.67. The Balaban J connectivity index is 3.29. The highest BCUT2D eigenvalue weighted by atomic mass is 79.9. The maximum Gasteiger partial charge on any atom is 0.252 e. The van der Waals surface area contributed by atoms with E-state index in [1.54, 1.807) is 6.92 Å². The molecule has 0 unspecified atom stereocenters. The number of anilines is 1. The fourth-order valence-electron chi connectivity index (χ4n) is 1.63. The molecule has 0 spiro atoms. The second-order valence-electron chi connectivity index (χ2n) is 4.01. The van der Waals surface area contributed by atoms with Crippen molar-refractivity contribution < 1.29 is 22.3 Å². The van der Waals surface area contributed by atoms with Crippen LogP contribution in [0.1, 0.15) is 6.92 Å². The molecule has 0 amide bonds. The van der Waals surface area contributed by atoms with E-state index in [0.717, 1.165) is 0 Å². The summed E-state index contributed by atoms with van der Waals surface area (Å²) in [6.07, 6.45) is -1.44. The van der Waals surface area contributed by atoms with Crippen LogP contribution < -0.4 is 5.32 Å². The van der Waals surface area contributed by atoms with E-state index in [-0.39, 0.29) is 10.7 Å². The van der Waals surface area contributed by atoms with E-state index in [0.29, 0.717) is 15.3 Å².